The monoisotopic (exact) mass is 350 g/mol. The summed E-state index contributed by atoms with van der Waals surface area (Å²) in [5.41, 5.74) is 0.829. The molecule has 0 saturated carbocycles. The lowest BCUT2D eigenvalue weighted by molar-refractivity contribution is -0.147. The van der Waals surface area contributed by atoms with Gasteiger partial charge in [-0.15, -0.1) is 11.3 Å². The average Bonchev–Trinajstić information content (AvgIpc) is 3.12. The van der Waals surface area contributed by atoms with Gasteiger partial charge < -0.3 is 14.9 Å². The lowest BCUT2D eigenvalue weighted by Gasteiger charge is -2.39. The minimum Gasteiger partial charge on any atom is -0.480 e. The lowest BCUT2D eigenvalue weighted by Crippen LogP contribution is -2.44. The third-order valence-electron chi connectivity index (χ3n) is 5.37. The Bertz CT molecular complexity index is 652. The van der Waals surface area contributed by atoms with E-state index in [2.05, 4.69) is 0 Å². The first-order valence-electron chi connectivity index (χ1n) is 8.16. The molecule has 2 fully saturated rings. The molecule has 2 aliphatic heterocycles. The van der Waals surface area contributed by atoms with Crippen molar-refractivity contribution in [3.63, 3.8) is 0 Å². The van der Waals surface area contributed by atoms with Crippen LogP contribution >= 0.6 is 11.3 Å². The molecular weight excluding hydrogens is 328 g/mol. The Kier molecular flexibility index (Phi) is 4.38. The summed E-state index contributed by atoms with van der Waals surface area (Å²) in [6.07, 6.45) is 1.98. The highest BCUT2D eigenvalue weighted by Crippen LogP contribution is 2.43. The number of carbonyl (C=O) groups is 3. The second kappa shape index (κ2) is 6.20. The van der Waals surface area contributed by atoms with Crippen LogP contribution < -0.4 is 0 Å². The van der Waals surface area contributed by atoms with E-state index >= 15 is 0 Å². The van der Waals surface area contributed by atoms with E-state index in [9.17, 15) is 19.5 Å². The van der Waals surface area contributed by atoms with Gasteiger partial charge in [0.15, 0.2) is 0 Å². The molecule has 1 N–H and O–H groups in total. The van der Waals surface area contributed by atoms with Gasteiger partial charge in [0.1, 0.15) is 6.04 Å². The average molecular weight is 350 g/mol. The number of piperidine rings is 1. The van der Waals surface area contributed by atoms with Crippen LogP contribution in [-0.2, 0) is 9.59 Å². The predicted molar refractivity (Wildman–Crippen MR) is 90.1 cm³/mol. The SMILES string of the molecule is CC(=O)N1CC2(CCN(C(=O)c3sccc3C)CC2)C[C@H]1C(=O)O. The van der Waals surface area contributed by atoms with Crippen LogP contribution in [0.25, 0.3) is 0 Å². The Morgan fingerprint density at radius 2 is 1.96 bits per heavy atom. The maximum absolute atomic E-state index is 12.6. The zero-order valence-corrected chi connectivity index (χ0v) is 14.8. The first-order valence-corrected chi connectivity index (χ1v) is 9.04. The van der Waals surface area contributed by atoms with Crippen molar-refractivity contribution in [2.24, 2.45) is 5.41 Å². The second-order valence-corrected chi connectivity index (χ2v) is 7.85. The number of aryl methyl sites for hydroxylation is 1. The van der Waals surface area contributed by atoms with Crippen molar-refractivity contribution < 1.29 is 19.5 Å². The van der Waals surface area contributed by atoms with Gasteiger partial charge in [0, 0.05) is 26.6 Å². The van der Waals surface area contributed by atoms with Crippen LogP contribution in [0, 0.1) is 12.3 Å². The normalized spacial score (nSPS) is 22.8. The summed E-state index contributed by atoms with van der Waals surface area (Å²) in [5, 5.41) is 11.3. The van der Waals surface area contributed by atoms with Gasteiger partial charge in [-0.05, 0) is 48.6 Å². The molecule has 6 nitrogen and oxygen atoms in total. The molecule has 0 aromatic carbocycles. The number of hydrogen-bond donors (Lipinski definition) is 1. The van der Waals surface area contributed by atoms with Gasteiger partial charge in [0.2, 0.25) is 5.91 Å². The number of aliphatic carboxylic acids is 1. The van der Waals surface area contributed by atoms with Gasteiger partial charge in [-0.2, -0.15) is 0 Å². The van der Waals surface area contributed by atoms with Gasteiger partial charge in [-0.1, -0.05) is 0 Å². The highest BCUT2D eigenvalue weighted by molar-refractivity contribution is 7.12. The number of thiophene rings is 1. The summed E-state index contributed by atoms with van der Waals surface area (Å²) in [7, 11) is 0. The third kappa shape index (κ3) is 2.92. The van der Waals surface area contributed by atoms with Crippen molar-refractivity contribution >= 4 is 29.1 Å². The van der Waals surface area contributed by atoms with E-state index in [1.807, 2.05) is 23.3 Å². The van der Waals surface area contributed by atoms with E-state index in [1.165, 1.54) is 23.2 Å². The van der Waals surface area contributed by atoms with Crippen molar-refractivity contribution in [2.45, 2.75) is 39.2 Å². The number of carbonyl (C=O) groups excluding carboxylic acids is 2. The Hall–Kier alpha value is -1.89. The van der Waals surface area contributed by atoms with Crippen molar-refractivity contribution in [1.29, 1.82) is 0 Å². The van der Waals surface area contributed by atoms with Crippen LogP contribution in [0.2, 0.25) is 0 Å². The molecule has 0 aliphatic carbocycles. The maximum atomic E-state index is 12.6. The molecule has 2 saturated heterocycles. The lowest BCUT2D eigenvalue weighted by atomic mass is 9.76. The standard InChI is InChI=1S/C17H22N2O4S/c1-11-3-8-24-14(11)15(21)18-6-4-17(5-7-18)9-13(16(22)23)19(10-17)12(2)20/h3,8,13H,4-7,9-10H2,1-2H3,(H,22,23)/t13-/m0/s1. The number of nitrogens with zero attached hydrogens (tertiary/aromatic N) is 2. The van der Waals surface area contributed by atoms with Crippen molar-refractivity contribution in [2.75, 3.05) is 19.6 Å². The van der Waals surface area contributed by atoms with Crippen LogP contribution in [0.1, 0.15) is 41.4 Å². The zero-order chi connectivity index (χ0) is 17.5. The Balaban J connectivity index is 1.69. The number of hydrogen-bond acceptors (Lipinski definition) is 4. The fourth-order valence-electron chi connectivity index (χ4n) is 3.89. The molecule has 1 aromatic rings. The summed E-state index contributed by atoms with van der Waals surface area (Å²) in [6, 6.07) is 1.21. The first-order chi connectivity index (χ1) is 11.3. The molecule has 24 heavy (non-hydrogen) atoms. The highest BCUT2D eigenvalue weighted by atomic mass is 32.1. The summed E-state index contributed by atoms with van der Waals surface area (Å²) in [5.74, 6) is -1.06. The Morgan fingerprint density at radius 3 is 2.42 bits per heavy atom. The number of carboxylic acid groups (broad SMARTS) is 1. The van der Waals surface area contributed by atoms with Crippen LogP contribution in [0.5, 0.6) is 0 Å². The van der Waals surface area contributed by atoms with Crippen molar-refractivity contribution in [3.8, 4) is 0 Å². The van der Waals surface area contributed by atoms with Crippen LogP contribution in [0.4, 0.5) is 0 Å². The number of amides is 2. The van der Waals surface area contributed by atoms with Crippen LogP contribution in [0.15, 0.2) is 11.4 Å². The predicted octanol–water partition coefficient (Wildman–Crippen LogP) is 1.98. The van der Waals surface area contributed by atoms with Gasteiger partial charge in [0.05, 0.1) is 4.88 Å². The molecule has 2 aliphatic rings. The highest BCUT2D eigenvalue weighted by Gasteiger charge is 2.49. The molecule has 1 atom stereocenters. The molecular formula is C17H22N2O4S. The molecule has 1 aromatic heterocycles. The van der Waals surface area contributed by atoms with Crippen molar-refractivity contribution in [3.05, 3.63) is 21.9 Å². The smallest absolute Gasteiger partial charge is 0.326 e. The summed E-state index contributed by atoms with van der Waals surface area (Å²) >= 11 is 1.46. The Labute approximate surface area is 145 Å². The van der Waals surface area contributed by atoms with Gasteiger partial charge >= 0.3 is 5.97 Å². The van der Waals surface area contributed by atoms with Gasteiger partial charge in [-0.3, -0.25) is 9.59 Å². The quantitative estimate of drug-likeness (QED) is 0.885. The maximum Gasteiger partial charge on any atom is 0.326 e. The van der Waals surface area contributed by atoms with Crippen LogP contribution in [0.3, 0.4) is 0 Å². The minimum atomic E-state index is -0.935. The van der Waals surface area contributed by atoms with Gasteiger partial charge in [0.25, 0.3) is 5.91 Å². The number of likely N-dealkylation sites (tertiary alicyclic amines) is 2. The summed E-state index contributed by atoms with van der Waals surface area (Å²) in [4.78, 5) is 39.9. The van der Waals surface area contributed by atoms with E-state index in [1.54, 1.807) is 0 Å². The molecule has 0 unspecified atom stereocenters. The fraction of sp³-hybridized carbons (Fsp3) is 0.588. The summed E-state index contributed by atoms with van der Waals surface area (Å²) < 4.78 is 0. The van der Waals surface area contributed by atoms with Gasteiger partial charge in [-0.25, -0.2) is 4.79 Å². The molecule has 3 rings (SSSR count). The number of rotatable bonds is 2. The van der Waals surface area contributed by atoms with E-state index in [0.717, 1.165) is 23.3 Å². The third-order valence-corrected chi connectivity index (χ3v) is 6.37. The number of carboxylic acids is 1. The molecule has 3 heterocycles. The molecule has 2 amide bonds. The van der Waals surface area contributed by atoms with E-state index < -0.39 is 12.0 Å². The molecule has 130 valence electrons. The fourth-order valence-corrected chi connectivity index (χ4v) is 4.78. The van der Waals surface area contributed by atoms with Crippen LogP contribution in [-0.4, -0.2) is 58.4 Å². The largest absolute Gasteiger partial charge is 0.480 e. The van der Waals surface area contributed by atoms with Crippen molar-refractivity contribution in [1.82, 2.24) is 9.80 Å². The zero-order valence-electron chi connectivity index (χ0n) is 13.9. The topological polar surface area (TPSA) is 77.9 Å². The Morgan fingerprint density at radius 1 is 1.29 bits per heavy atom. The van der Waals surface area contributed by atoms with E-state index in [0.29, 0.717) is 26.1 Å². The van der Waals surface area contributed by atoms with E-state index in [-0.39, 0.29) is 17.2 Å². The molecule has 7 heteroatoms. The minimum absolute atomic E-state index is 0.0635. The summed E-state index contributed by atoms with van der Waals surface area (Å²) in [6.45, 7) is 5.09. The molecule has 1 spiro atoms. The second-order valence-electron chi connectivity index (χ2n) is 6.93. The van der Waals surface area contributed by atoms with E-state index in [4.69, 9.17) is 0 Å². The molecule has 0 radical (unpaired) electrons. The first kappa shape index (κ1) is 17.0. The molecule has 0 bridgehead atoms.